The normalized spacial score (nSPS) is 11.7. The standard InChI is InChI=1S/C15H14N2O2/c1-10-3-5-13(9-17-10)19-15-7-12(8-16)4-6-14(15)11(2)18/h3-7,9,11,18H,1-2H3/t11-/m1/s1. The smallest absolute Gasteiger partial charge is 0.145 e. The Bertz CT molecular complexity index is 613. The number of nitrogens with zero attached hydrogens (tertiary/aromatic N) is 2. The number of aliphatic hydroxyl groups excluding tert-OH is 1. The maximum atomic E-state index is 9.71. The molecule has 0 spiro atoms. The molecule has 2 rings (SSSR count). The van der Waals surface area contributed by atoms with Crippen LogP contribution in [0.1, 0.15) is 29.8 Å². The number of aryl methyl sites for hydroxylation is 1. The number of ether oxygens (including phenoxy) is 1. The van der Waals surface area contributed by atoms with E-state index in [4.69, 9.17) is 10.00 Å². The number of hydrogen-bond acceptors (Lipinski definition) is 4. The number of pyridine rings is 1. The predicted octanol–water partition coefficient (Wildman–Crippen LogP) is 3.11. The molecule has 0 fully saturated rings. The molecule has 96 valence electrons. The summed E-state index contributed by atoms with van der Waals surface area (Å²) in [7, 11) is 0. The third-order valence-electron chi connectivity index (χ3n) is 2.70. The Hall–Kier alpha value is -2.38. The van der Waals surface area contributed by atoms with Crippen LogP contribution in [-0.4, -0.2) is 10.1 Å². The minimum atomic E-state index is -0.666. The average Bonchev–Trinajstić information content (AvgIpc) is 2.41. The van der Waals surface area contributed by atoms with Crippen molar-refractivity contribution in [2.24, 2.45) is 0 Å². The first-order valence-corrected chi connectivity index (χ1v) is 5.93. The summed E-state index contributed by atoms with van der Waals surface area (Å²) in [5.41, 5.74) is 2.02. The van der Waals surface area contributed by atoms with Crippen LogP contribution in [0.5, 0.6) is 11.5 Å². The summed E-state index contributed by atoms with van der Waals surface area (Å²) in [5.74, 6) is 1.04. The van der Waals surface area contributed by atoms with Crippen LogP contribution in [0.15, 0.2) is 36.5 Å². The molecule has 0 aliphatic heterocycles. The molecule has 1 atom stereocenters. The minimum absolute atomic E-state index is 0.472. The Morgan fingerprint density at radius 1 is 1.32 bits per heavy atom. The first-order valence-electron chi connectivity index (χ1n) is 5.93. The van der Waals surface area contributed by atoms with Crippen molar-refractivity contribution in [3.63, 3.8) is 0 Å². The van der Waals surface area contributed by atoms with Crippen molar-refractivity contribution in [1.29, 1.82) is 5.26 Å². The maximum absolute atomic E-state index is 9.71. The largest absolute Gasteiger partial charge is 0.455 e. The number of benzene rings is 1. The van der Waals surface area contributed by atoms with Crippen molar-refractivity contribution in [1.82, 2.24) is 4.98 Å². The lowest BCUT2D eigenvalue weighted by atomic mass is 10.1. The molecule has 0 bridgehead atoms. The lowest BCUT2D eigenvalue weighted by Gasteiger charge is -2.13. The molecule has 1 heterocycles. The van der Waals surface area contributed by atoms with Gasteiger partial charge in [0.15, 0.2) is 0 Å². The summed E-state index contributed by atoms with van der Waals surface area (Å²) in [6, 6.07) is 10.7. The van der Waals surface area contributed by atoms with Gasteiger partial charge in [0.25, 0.3) is 0 Å². The lowest BCUT2D eigenvalue weighted by Crippen LogP contribution is -1.97. The quantitative estimate of drug-likeness (QED) is 0.913. The minimum Gasteiger partial charge on any atom is -0.455 e. The van der Waals surface area contributed by atoms with Gasteiger partial charge in [-0.15, -0.1) is 0 Å². The third kappa shape index (κ3) is 3.09. The zero-order valence-corrected chi connectivity index (χ0v) is 10.8. The molecule has 1 aromatic heterocycles. The molecule has 0 aliphatic rings. The van der Waals surface area contributed by atoms with Gasteiger partial charge >= 0.3 is 0 Å². The number of nitriles is 1. The van der Waals surface area contributed by atoms with Crippen molar-refractivity contribution in [2.75, 3.05) is 0 Å². The number of rotatable bonds is 3. The second kappa shape index (κ2) is 5.51. The van der Waals surface area contributed by atoms with Gasteiger partial charge in [0.05, 0.1) is 23.9 Å². The van der Waals surface area contributed by atoms with E-state index < -0.39 is 6.10 Å². The molecular weight excluding hydrogens is 240 g/mol. The Labute approximate surface area is 111 Å². The fraction of sp³-hybridized carbons (Fsp3) is 0.200. The van der Waals surface area contributed by atoms with Crippen LogP contribution in [0.25, 0.3) is 0 Å². The van der Waals surface area contributed by atoms with Crippen LogP contribution in [0.2, 0.25) is 0 Å². The molecule has 1 N–H and O–H groups in total. The van der Waals surface area contributed by atoms with E-state index in [1.54, 1.807) is 37.4 Å². The molecule has 0 aliphatic carbocycles. The summed E-state index contributed by atoms with van der Waals surface area (Å²) >= 11 is 0. The zero-order chi connectivity index (χ0) is 13.8. The summed E-state index contributed by atoms with van der Waals surface area (Å²) < 4.78 is 5.69. The Balaban J connectivity index is 2.37. The van der Waals surface area contributed by atoms with Gasteiger partial charge < -0.3 is 9.84 Å². The highest BCUT2D eigenvalue weighted by Gasteiger charge is 2.11. The lowest BCUT2D eigenvalue weighted by molar-refractivity contribution is 0.195. The van der Waals surface area contributed by atoms with Gasteiger partial charge in [0.2, 0.25) is 0 Å². The van der Waals surface area contributed by atoms with E-state index in [1.807, 2.05) is 13.0 Å². The van der Waals surface area contributed by atoms with Gasteiger partial charge in [-0.1, -0.05) is 6.07 Å². The highest BCUT2D eigenvalue weighted by atomic mass is 16.5. The van der Waals surface area contributed by atoms with E-state index in [-0.39, 0.29) is 0 Å². The van der Waals surface area contributed by atoms with E-state index in [9.17, 15) is 5.11 Å². The van der Waals surface area contributed by atoms with Crippen molar-refractivity contribution >= 4 is 0 Å². The fourth-order valence-electron chi connectivity index (χ4n) is 1.68. The molecule has 19 heavy (non-hydrogen) atoms. The summed E-state index contributed by atoms with van der Waals surface area (Å²) in [5, 5.41) is 18.6. The summed E-state index contributed by atoms with van der Waals surface area (Å²) in [4.78, 5) is 4.14. The van der Waals surface area contributed by atoms with Gasteiger partial charge in [-0.3, -0.25) is 4.98 Å². The van der Waals surface area contributed by atoms with Crippen LogP contribution in [0, 0.1) is 18.3 Å². The molecule has 4 heteroatoms. The van der Waals surface area contributed by atoms with E-state index in [1.165, 1.54) is 0 Å². The van der Waals surface area contributed by atoms with Crippen LogP contribution < -0.4 is 4.74 Å². The monoisotopic (exact) mass is 254 g/mol. The maximum Gasteiger partial charge on any atom is 0.145 e. The fourth-order valence-corrected chi connectivity index (χ4v) is 1.68. The highest BCUT2D eigenvalue weighted by molar-refractivity contribution is 5.45. The molecule has 0 unspecified atom stereocenters. The number of aliphatic hydroxyl groups is 1. The first kappa shape index (κ1) is 13.1. The van der Waals surface area contributed by atoms with E-state index in [2.05, 4.69) is 11.1 Å². The van der Waals surface area contributed by atoms with Gasteiger partial charge in [-0.25, -0.2) is 0 Å². The van der Waals surface area contributed by atoms with Crippen LogP contribution in [-0.2, 0) is 0 Å². The second-order valence-corrected chi connectivity index (χ2v) is 4.28. The Morgan fingerprint density at radius 3 is 2.68 bits per heavy atom. The van der Waals surface area contributed by atoms with E-state index >= 15 is 0 Å². The van der Waals surface area contributed by atoms with Gasteiger partial charge in [0.1, 0.15) is 11.5 Å². The number of aromatic nitrogens is 1. The van der Waals surface area contributed by atoms with Gasteiger partial charge in [-0.2, -0.15) is 5.26 Å². The SMILES string of the molecule is Cc1ccc(Oc2cc(C#N)ccc2[C@@H](C)O)cn1. The van der Waals surface area contributed by atoms with Crippen LogP contribution in [0.3, 0.4) is 0 Å². The van der Waals surface area contributed by atoms with Crippen molar-refractivity contribution in [3.8, 4) is 17.6 Å². The van der Waals surface area contributed by atoms with Gasteiger partial charge in [-0.05, 0) is 38.1 Å². The topological polar surface area (TPSA) is 66.1 Å². The van der Waals surface area contributed by atoms with Crippen LogP contribution >= 0.6 is 0 Å². The van der Waals surface area contributed by atoms with E-state index in [0.717, 1.165) is 5.69 Å². The molecule has 4 nitrogen and oxygen atoms in total. The van der Waals surface area contributed by atoms with Crippen molar-refractivity contribution in [3.05, 3.63) is 53.3 Å². The first-order chi connectivity index (χ1) is 9.10. The van der Waals surface area contributed by atoms with Crippen LogP contribution in [0.4, 0.5) is 0 Å². The summed E-state index contributed by atoms with van der Waals surface area (Å²) in [6.45, 7) is 3.54. The average molecular weight is 254 g/mol. The molecule has 0 radical (unpaired) electrons. The zero-order valence-electron chi connectivity index (χ0n) is 10.8. The molecule has 1 aromatic carbocycles. The summed E-state index contributed by atoms with van der Waals surface area (Å²) in [6.07, 6.45) is 0.946. The molecule has 0 saturated carbocycles. The van der Waals surface area contributed by atoms with Crippen molar-refractivity contribution in [2.45, 2.75) is 20.0 Å². The Morgan fingerprint density at radius 2 is 2.11 bits per heavy atom. The molecule has 0 saturated heterocycles. The molecular formula is C15H14N2O2. The van der Waals surface area contributed by atoms with Crippen molar-refractivity contribution < 1.29 is 9.84 Å². The molecule has 2 aromatic rings. The number of hydrogen-bond donors (Lipinski definition) is 1. The third-order valence-corrected chi connectivity index (χ3v) is 2.70. The van der Waals surface area contributed by atoms with Gasteiger partial charge in [0, 0.05) is 11.3 Å². The Kier molecular flexibility index (Phi) is 3.79. The molecule has 0 amide bonds. The highest BCUT2D eigenvalue weighted by Crippen LogP contribution is 2.30. The van der Waals surface area contributed by atoms with E-state index in [0.29, 0.717) is 22.6 Å². The second-order valence-electron chi connectivity index (χ2n) is 4.28. The predicted molar refractivity (Wildman–Crippen MR) is 70.8 cm³/mol.